The molecule has 3 aliphatic rings. The van der Waals surface area contributed by atoms with Gasteiger partial charge in [0.15, 0.2) is 0 Å². The van der Waals surface area contributed by atoms with Gasteiger partial charge in [-0.1, -0.05) is 6.07 Å². The number of amides is 4. The molecule has 0 aliphatic carbocycles. The second-order valence-corrected chi connectivity index (χ2v) is 8.51. The zero-order valence-corrected chi connectivity index (χ0v) is 17.4. The second kappa shape index (κ2) is 7.67. The SMILES string of the molecule is Cc1ccc(C(=O)N2C[C@@H]3CCN(C)[C@@H]3C2)cc1NC(=O)CN1CCN(C)C1=O. The van der Waals surface area contributed by atoms with Crippen molar-refractivity contribution in [2.75, 3.05) is 58.7 Å². The first-order valence-electron chi connectivity index (χ1n) is 10.2. The predicted octanol–water partition coefficient (Wildman–Crippen LogP) is 1.08. The summed E-state index contributed by atoms with van der Waals surface area (Å²) in [4.78, 5) is 44.9. The topological polar surface area (TPSA) is 76.2 Å². The Morgan fingerprint density at radius 2 is 1.93 bits per heavy atom. The third kappa shape index (κ3) is 3.81. The molecule has 0 radical (unpaired) electrons. The number of fused-ring (bicyclic) bond motifs is 1. The van der Waals surface area contributed by atoms with Crippen LogP contribution in [0, 0.1) is 12.8 Å². The molecular weight excluding hydrogens is 370 g/mol. The summed E-state index contributed by atoms with van der Waals surface area (Å²) in [5.41, 5.74) is 2.10. The second-order valence-electron chi connectivity index (χ2n) is 8.51. The maximum atomic E-state index is 13.0. The molecule has 4 amide bonds. The average Bonchev–Trinajstić information content (AvgIpc) is 3.35. The third-order valence-corrected chi connectivity index (χ3v) is 6.51. The molecule has 2 atom stereocenters. The van der Waals surface area contributed by atoms with E-state index in [0.29, 0.717) is 36.3 Å². The number of carbonyl (C=O) groups excluding carboxylic acids is 3. The lowest BCUT2D eigenvalue weighted by Gasteiger charge is -2.21. The van der Waals surface area contributed by atoms with Gasteiger partial charge in [0.25, 0.3) is 5.91 Å². The van der Waals surface area contributed by atoms with Crippen molar-refractivity contribution in [1.29, 1.82) is 0 Å². The number of anilines is 1. The Labute approximate surface area is 171 Å². The van der Waals surface area contributed by atoms with Crippen molar-refractivity contribution in [1.82, 2.24) is 19.6 Å². The van der Waals surface area contributed by atoms with Crippen LogP contribution in [-0.2, 0) is 4.79 Å². The van der Waals surface area contributed by atoms with Crippen molar-refractivity contribution >= 4 is 23.5 Å². The highest BCUT2D eigenvalue weighted by Crippen LogP contribution is 2.31. The van der Waals surface area contributed by atoms with Crippen LogP contribution in [0.3, 0.4) is 0 Å². The lowest BCUT2D eigenvalue weighted by molar-refractivity contribution is -0.116. The molecule has 0 saturated carbocycles. The minimum Gasteiger partial charge on any atom is -0.337 e. The fraction of sp³-hybridized carbons (Fsp3) is 0.571. The van der Waals surface area contributed by atoms with E-state index in [4.69, 9.17) is 0 Å². The fourth-order valence-electron chi connectivity index (χ4n) is 4.62. The van der Waals surface area contributed by atoms with Crippen LogP contribution in [-0.4, -0.2) is 96.9 Å². The lowest BCUT2D eigenvalue weighted by atomic mass is 10.1. The van der Waals surface area contributed by atoms with E-state index in [1.165, 1.54) is 4.90 Å². The van der Waals surface area contributed by atoms with Crippen LogP contribution >= 0.6 is 0 Å². The number of likely N-dealkylation sites (tertiary alicyclic amines) is 2. The number of rotatable bonds is 4. The maximum absolute atomic E-state index is 13.0. The zero-order chi connectivity index (χ0) is 20.7. The van der Waals surface area contributed by atoms with Gasteiger partial charge < -0.3 is 24.9 Å². The van der Waals surface area contributed by atoms with E-state index in [1.54, 1.807) is 18.0 Å². The highest BCUT2D eigenvalue weighted by atomic mass is 16.2. The van der Waals surface area contributed by atoms with E-state index in [9.17, 15) is 14.4 Å². The summed E-state index contributed by atoms with van der Waals surface area (Å²) in [5.74, 6) is 0.322. The molecule has 1 aromatic carbocycles. The molecule has 3 fully saturated rings. The van der Waals surface area contributed by atoms with Gasteiger partial charge in [-0.15, -0.1) is 0 Å². The minimum atomic E-state index is -0.251. The summed E-state index contributed by atoms with van der Waals surface area (Å²) in [5, 5.41) is 2.87. The molecule has 3 aliphatic heterocycles. The van der Waals surface area contributed by atoms with Gasteiger partial charge >= 0.3 is 6.03 Å². The summed E-state index contributed by atoms with van der Waals surface area (Å²) in [6, 6.07) is 5.76. The largest absolute Gasteiger partial charge is 0.337 e. The van der Waals surface area contributed by atoms with Crippen molar-refractivity contribution in [2.24, 2.45) is 5.92 Å². The average molecular weight is 399 g/mol. The van der Waals surface area contributed by atoms with Crippen molar-refractivity contribution in [3.63, 3.8) is 0 Å². The number of hydrogen-bond acceptors (Lipinski definition) is 4. The Hall–Kier alpha value is -2.61. The summed E-state index contributed by atoms with van der Waals surface area (Å²) >= 11 is 0. The molecule has 3 saturated heterocycles. The molecule has 0 spiro atoms. The number of aryl methyl sites for hydroxylation is 1. The highest BCUT2D eigenvalue weighted by molar-refractivity contribution is 5.99. The number of likely N-dealkylation sites (N-methyl/N-ethyl adjacent to an activating group) is 2. The number of carbonyl (C=O) groups is 3. The molecule has 1 aromatic rings. The normalized spacial score (nSPS) is 24.4. The van der Waals surface area contributed by atoms with Crippen molar-refractivity contribution < 1.29 is 14.4 Å². The van der Waals surface area contributed by atoms with Gasteiger partial charge in [-0.25, -0.2) is 4.79 Å². The first-order valence-corrected chi connectivity index (χ1v) is 10.2. The molecule has 3 heterocycles. The van der Waals surface area contributed by atoms with Gasteiger partial charge in [0.05, 0.1) is 0 Å². The third-order valence-electron chi connectivity index (χ3n) is 6.51. The quantitative estimate of drug-likeness (QED) is 0.822. The van der Waals surface area contributed by atoms with E-state index in [2.05, 4.69) is 17.3 Å². The Morgan fingerprint density at radius 1 is 1.14 bits per heavy atom. The number of nitrogens with zero attached hydrogens (tertiary/aromatic N) is 4. The fourth-order valence-corrected chi connectivity index (χ4v) is 4.62. The van der Waals surface area contributed by atoms with Crippen LogP contribution < -0.4 is 5.32 Å². The van der Waals surface area contributed by atoms with Crippen LogP contribution in [0.5, 0.6) is 0 Å². The summed E-state index contributed by atoms with van der Waals surface area (Å²) in [6.45, 7) is 5.76. The molecule has 0 aromatic heterocycles. The van der Waals surface area contributed by atoms with E-state index in [-0.39, 0.29) is 24.4 Å². The van der Waals surface area contributed by atoms with Crippen molar-refractivity contribution in [3.05, 3.63) is 29.3 Å². The molecule has 1 N–H and O–H groups in total. The molecule has 29 heavy (non-hydrogen) atoms. The van der Waals surface area contributed by atoms with Gasteiger partial charge in [-0.05, 0) is 50.6 Å². The van der Waals surface area contributed by atoms with Crippen LogP contribution in [0.2, 0.25) is 0 Å². The van der Waals surface area contributed by atoms with Gasteiger partial charge in [-0.2, -0.15) is 0 Å². The number of nitrogens with one attached hydrogen (secondary N) is 1. The van der Waals surface area contributed by atoms with Gasteiger partial charge in [0.1, 0.15) is 6.54 Å². The van der Waals surface area contributed by atoms with Gasteiger partial charge in [0, 0.05) is 50.5 Å². The number of benzene rings is 1. The number of urea groups is 1. The zero-order valence-electron chi connectivity index (χ0n) is 17.4. The number of hydrogen-bond donors (Lipinski definition) is 1. The Kier molecular flexibility index (Phi) is 5.21. The predicted molar refractivity (Wildman–Crippen MR) is 110 cm³/mol. The van der Waals surface area contributed by atoms with E-state index >= 15 is 0 Å². The van der Waals surface area contributed by atoms with Crippen LogP contribution in [0.25, 0.3) is 0 Å². The van der Waals surface area contributed by atoms with Crippen molar-refractivity contribution in [2.45, 2.75) is 19.4 Å². The Morgan fingerprint density at radius 3 is 2.62 bits per heavy atom. The summed E-state index contributed by atoms with van der Waals surface area (Å²) in [6.07, 6.45) is 1.14. The molecule has 8 heteroatoms. The van der Waals surface area contributed by atoms with E-state index < -0.39 is 0 Å². The van der Waals surface area contributed by atoms with E-state index in [1.807, 2.05) is 24.0 Å². The van der Waals surface area contributed by atoms with Crippen LogP contribution in [0.4, 0.5) is 10.5 Å². The van der Waals surface area contributed by atoms with E-state index in [0.717, 1.165) is 31.6 Å². The first kappa shape index (κ1) is 19.7. The standard InChI is InChI=1S/C21H29N5O3/c1-14-4-5-15(20(28)26-11-16-6-7-23(2)18(16)12-26)10-17(14)22-19(27)13-25-9-8-24(3)21(25)29/h4-5,10,16,18H,6-9,11-13H2,1-3H3,(H,22,27)/t16-,18+/m0/s1. The molecular formula is C21H29N5O3. The molecule has 0 bridgehead atoms. The van der Waals surface area contributed by atoms with Gasteiger partial charge in [-0.3, -0.25) is 9.59 Å². The Bertz CT molecular complexity index is 842. The van der Waals surface area contributed by atoms with Crippen LogP contribution in [0.1, 0.15) is 22.3 Å². The lowest BCUT2D eigenvalue weighted by Crippen LogP contribution is -2.36. The summed E-state index contributed by atoms with van der Waals surface area (Å²) in [7, 11) is 3.85. The molecule has 4 rings (SSSR count). The van der Waals surface area contributed by atoms with Crippen molar-refractivity contribution in [3.8, 4) is 0 Å². The monoisotopic (exact) mass is 399 g/mol. The summed E-state index contributed by atoms with van der Waals surface area (Å²) < 4.78 is 0. The highest BCUT2D eigenvalue weighted by Gasteiger charge is 2.41. The Balaban J connectivity index is 1.42. The molecule has 0 unspecified atom stereocenters. The van der Waals surface area contributed by atoms with Gasteiger partial charge in [0.2, 0.25) is 5.91 Å². The minimum absolute atomic E-state index is 0.0136. The van der Waals surface area contributed by atoms with Crippen LogP contribution in [0.15, 0.2) is 18.2 Å². The maximum Gasteiger partial charge on any atom is 0.320 e. The molecule has 156 valence electrons. The smallest absolute Gasteiger partial charge is 0.320 e. The molecule has 8 nitrogen and oxygen atoms in total. The first-order chi connectivity index (χ1) is 13.8.